The molecule has 1 heterocycles. The number of nitrogens with zero attached hydrogens (tertiary/aromatic N) is 2. The van der Waals surface area contributed by atoms with E-state index >= 15 is 0 Å². The highest BCUT2D eigenvalue weighted by molar-refractivity contribution is 5.01. The van der Waals surface area contributed by atoms with Gasteiger partial charge in [-0.05, 0) is 31.2 Å². The number of aromatic nitrogens is 2. The van der Waals surface area contributed by atoms with Crippen LogP contribution in [0.3, 0.4) is 0 Å². The van der Waals surface area contributed by atoms with Gasteiger partial charge in [0.1, 0.15) is 0 Å². The van der Waals surface area contributed by atoms with Crippen LogP contribution in [0.25, 0.3) is 0 Å². The fraction of sp³-hybridized carbons (Fsp3) is 0.786. The van der Waals surface area contributed by atoms with Crippen LogP contribution in [0.5, 0.6) is 0 Å². The fourth-order valence-electron chi connectivity index (χ4n) is 1.94. The first-order valence-corrected chi connectivity index (χ1v) is 6.54. The first-order chi connectivity index (χ1) is 7.81. The molecule has 3 nitrogen and oxygen atoms in total. The molecule has 1 aromatic rings. The van der Waals surface area contributed by atoms with Crippen molar-refractivity contribution >= 4 is 0 Å². The first kappa shape index (κ1) is 14.2. The van der Waals surface area contributed by atoms with Crippen LogP contribution >= 0.6 is 0 Å². The Morgan fingerprint density at radius 3 is 2.59 bits per heavy atom. The molecule has 98 valence electrons. The van der Waals surface area contributed by atoms with Crippen LogP contribution in [0.1, 0.15) is 59.2 Å². The Balaban J connectivity index is 2.54. The van der Waals surface area contributed by atoms with Gasteiger partial charge in [-0.3, -0.25) is 4.68 Å². The zero-order chi connectivity index (χ0) is 13.1. The summed E-state index contributed by atoms with van der Waals surface area (Å²) in [6, 6.07) is 2.45. The summed E-state index contributed by atoms with van der Waals surface area (Å²) in [5.74, 6) is 0. The molecular formula is C14H26N2O. The van der Waals surface area contributed by atoms with E-state index in [0.717, 1.165) is 18.5 Å². The molecule has 0 saturated carbocycles. The SMILES string of the molecule is CCC(C)n1ccc(CC(O)CC(C)(C)C)n1. The van der Waals surface area contributed by atoms with Crippen molar-refractivity contribution in [2.75, 3.05) is 0 Å². The van der Waals surface area contributed by atoms with Gasteiger partial charge >= 0.3 is 0 Å². The van der Waals surface area contributed by atoms with Crippen LogP contribution in [0.4, 0.5) is 0 Å². The molecule has 0 aliphatic carbocycles. The normalized spacial score (nSPS) is 15.9. The Bertz CT molecular complexity index is 338. The van der Waals surface area contributed by atoms with Gasteiger partial charge in [0.15, 0.2) is 0 Å². The van der Waals surface area contributed by atoms with E-state index < -0.39 is 0 Å². The summed E-state index contributed by atoms with van der Waals surface area (Å²) in [6.45, 7) is 10.7. The third-order valence-corrected chi connectivity index (χ3v) is 3.00. The Labute approximate surface area is 105 Å². The average Bonchev–Trinajstić information content (AvgIpc) is 2.62. The molecule has 17 heavy (non-hydrogen) atoms. The predicted molar refractivity (Wildman–Crippen MR) is 71.0 cm³/mol. The second kappa shape index (κ2) is 5.67. The van der Waals surface area contributed by atoms with Crippen LogP contribution in [-0.2, 0) is 6.42 Å². The number of hydrogen-bond donors (Lipinski definition) is 1. The molecule has 3 heteroatoms. The Morgan fingerprint density at radius 2 is 2.06 bits per heavy atom. The highest BCUT2D eigenvalue weighted by atomic mass is 16.3. The van der Waals surface area contributed by atoms with Crippen molar-refractivity contribution in [3.63, 3.8) is 0 Å². The zero-order valence-corrected chi connectivity index (χ0v) is 11.8. The van der Waals surface area contributed by atoms with E-state index in [-0.39, 0.29) is 11.5 Å². The first-order valence-electron chi connectivity index (χ1n) is 6.54. The molecular weight excluding hydrogens is 212 g/mol. The molecule has 0 saturated heterocycles. The monoisotopic (exact) mass is 238 g/mol. The molecule has 0 aliphatic heterocycles. The molecule has 0 aromatic carbocycles. The summed E-state index contributed by atoms with van der Waals surface area (Å²) in [6.07, 6.45) is 4.25. The highest BCUT2D eigenvalue weighted by Crippen LogP contribution is 2.22. The van der Waals surface area contributed by atoms with Gasteiger partial charge in [-0.25, -0.2) is 0 Å². The van der Waals surface area contributed by atoms with Crippen LogP contribution in [0.2, 0.25) is 0 Å². The highest BCUT2D eigenvalue weighted by Gasteiger charge is 2.18. The topological polar surface area (TPSA) is 38.0 Å². The van der Waals surface area contributed by atoms with Gasteiger partial charge in [-0.1, -0.05) is 27.7 Å². The zero-order valence-electron chi connectivity index (χ0n) is 11.8. The van der Waals surface area contributed by atoms with Crippen LogP contribution in [0, 0.1) is 5.41 Å². The predicted octanol–water partition coefficient (Wildman–Crippen LogP) is 3.19. The maximum absolute atomic E-state index is 9.99. The van der Waals surface area contributed by atoms with Crippen LogP contribution in [0.15, 0.2) is 12.3 Å². The minimum absolute atomic E-state index is 0.165. The molecule has 0 amide bonds. The molecule has 0 fully saturated rings. The standard InChI is InChI=1S/C14H26N2O/c1-6-11(2)16-8-7-12(15-16)9-13(17)10-14(3,4)5/h7-8,11,13,17H,6,9-10H2,1-5H3. The van der Waals surface area contributed by atoms with Gasteiger partial charge in [0.25, 0.3) is 0 Å². The minimum atomic E-state index is -0.296. The van der Waals surface area contributed by atoms with Crippen molar-refractivity contribution in [1.29, 1.82) is 0 Å². The third-order valence-electron chi connectivity index (χ3n) is 3.00. The van der Waals surface area contributed by atoms with E-state index in [2.05, 4.69) is 39.7 Å². The van der Waals surface area contributed by atoms with Crippen LogP contribution in [-0.4, -0.2) is 21.0 Å². The van der Waals surface area contributed by atoms with Crippen molar-refractivity contribution in [2.24, 2.45) is 5.41 Å². The minimum Gasteiger partial charge on any atom is -0.393 e. The Morgan fingerprint density at radius 1 is 1.41 bits per heavy atom. The number of rotatable bonds is 5. The van der Waals surface area contributed by atoms with Gasteiger partial charge in [0.05, 0.1) is 11.8 Å². The molecule has 0 aliphatic rings. The van der Waals surface area contributed by atoms with Crippen molar-refractivity contribution in [3.8, 4) is 0 Å². The van der Waals surface area contributed by atoms with Crippen molar-refractivity contribution < 1.29 is 5.11 Å². The average molecular weight is 238 g/mol. The van der Waals surface area contributed by atoms with E-state index in [0.29, 0.717) is 12.5 Å². The van der Waals surface area contributed by atoms with E-state index in [1.165, 1.54) is 0 Å². The number of aliphatic hydroxyl groups is 1. The Hall–Kier alpha value is -0.830. The van der Waals surface area contributed by atoms with E-state index in [1.54, 1.807) is 0 Å². The summed E-state index contributed by atoms with van der Waals surface area (Å²) in [5.41, 5.74) is 1.15. The molecule has 2 atom stereocenters. The number of hydrogen-bond acceptors (Lipinski definition) is 2. The van der Waals surface area contributed by atoms with Gasteiger partial charge in [-0.15, -0.1) is 0 Å². The quantitative estimate of drug-likeness (QED) is 0.855. The van der Waals surface area contributed by atoms with Crippen molar-refractivity contribution in [2.45, 2.75) is 66.0 Å². The maximum atomic E-state index is 9.99. The van der Waals surface area contributed by atoms with Crippen molar-refractivity contribution in [3.05, 3.63) is 18.0 Å². The molecule has 1 rings (SSSR count). The molecule has 0 radical (unpaired) electrons. The molecule has 0 bridgehead atoms. The summed E-state index contributed by atoms with van der Waals surface area (Å²) in [7, 11) is 0. The molecule has 1 N–H and O–H groups in total. The summed E-state index contributed by atoms with van der Waals surface area (Å²) < 4.78 is 1.99. The van der Waals surface area contributed by atoms with E-state index in [9.17, 15) is 5.11 Å². The maximum Gasteiger partial charge on any atom is 0.0650 e. The molecule has 1 aromatic heterocycles. The van der Waals surface area contributed by atoms with Crippen LogP contribution < -0.4 is 0 Å². The van der Waals surface area contributed by atoms with E-state index in [1.807, 2.05) is 16.9 Å². The smallest absolute Gasteiger partial charge is 0.0650 e. The lowest BCUT2D eigenvalue weighted by atomic mass is 9.88. The Kier molecular flexibility index (Phi) is 4.75. The lowest BCUT2D eigenvalue weighted by Crippen LogP contribution is -2.20. The summed E-state index contributed by atoms with van der Waals surface area (Å²) >= 11 is 0. The number of aliphatic hydroxyl groups excluding tert-OH is 1. The lowest BCUT2D eigenvalue weighted by Gasteiger charge is -2.21. The second-order valence-electron chi connectivity index (χ2n) is 6.17. The molecule has 0 spiro atoms. The molecule has 2 unspecified atom stereocenters. The third kappa shape index (κ3) is 4.90. The van der Waals surface area contributed by atoms with Gasteiger partial charge in [0, 0.05) is 18.7 Å². The van der Waals surface area contributed by atoms with Gasteiger partial charge < -0.3 is 5.11 Å². The van der Waals surface area contributed by atoms with E-state index in [4.69, 9.17) is 0 Å². The summed E-state index contributed by atoms with van der Waals surface area (Å²) in [4.78, 5) is 0. The summed E-state index contributed by atoms with van der Waals surface area (Å²) in [5, 5.41) is 14.5. The largest absolute Gasteiger partial charge is 0.393 e. The second-order valence-corrected chi connectivity index (χ2v) is 6.17. The van der Waals surface area contributed by atoms with Gasteiger partial charge in [-0.2, -0.15) is 5.10 Å². The van der Waals surface area contributed by atoms with Gasteiger partial charge in [0.2, 0.25) is 0 Å². The lowest BCUT2D eigenvalue weighted by molar-refractivity contribution is 0.120. The fourth-order valence-corrected chi connectivity index (χ4v) is 1.94. The van der Waals surface area contributed by atoms with Crippen molar-refractivity contribution in [1.82, 2.24) is 9.78 Å².